The molecule has 2 aliphatic carbocycles. The van der Waals surface area contributed by atoms with Crippen LogP contribution in [0.15, 0.2) is 102 Å². The molecule has 70 heavy (non-hydrogen) atoms. The molecule has 1 fully saturated rings. The third kappa shape index (κ3) is 14.1. The Bertz CT molecular complexity index is 2210. The average molecular weight is 959 g/mol. The second-order valence-electron chi connectivity index (χ2n) is 19.2. The van der Waals surface area contributed by atoms with Crippen molar-refractivity contribution >= 4 is 17.7 Å². The number of ether oxygens (including phenoxy) is 3. The van der Waals surface area contributed by atoms with E-state index in [9.17, 15) is 20.3 Å². The molecule has 6 rings (SSSR count). The highest BCUT2D eigenvalue weighted by molar-refractivity contribution is 6.03. The number of fused-ring (bicyclic) bond motifs is 2. The summed E-state index contributed by atoms with van der Waals surface area (Å²) in [5, 5.41) is 37.5. The van der Waals surface area contributed by atoms with Gasteiger partial charge in [0.25, 0.3) is 5.91 Å². The van der Waals surface area contributed by atoms with E-state index in [0.717, 1.165) is 61.6 Å². The number of carbonyl (C=O) groups excluding carboxylic acids is 2. The average Bonchev–Trinajstić information content (AvgIpc) is 3.38. The molecule has 12 heteroatoms. The topological polar surface area (TPSA) is 163 Å². The molecule has 2 amide bonds. The van der Waals surface area contributed by atoms with Crippen molar-refractivity contribution < 1.29 is 38.9 Å². The van der Waals surface area contributed by atoms with E-state index in [0.29, 0.717) is 60.7 Å². The number of oxime groups is 1. The van der Waals surface area contributed by atoms with Gasteiger partial charge in [-0.1, -0.05) is 132 Å². The summed E-state index contributed by atoms with van der Waals surface area (Å²) in [6, 6.07) is 23.5. The minimum atomic E-state index is -1.45. The third-order valence-corrected chi connectivity index (χ3v) is 14.3. The predicted molar refractivity (Wildman–Crippen MR) is 275 cm³/mol. The number of unbranched alkanes of at least 4 members (excludes halogenated alkanes) is 11. The fourth-order valence-electron chi connectivity index (χ4n) is 10.9. The lowest BCUT2D eigenvalue weighted by atomic mass is 9.55. The van der Waals surface area contributed by atoms with Crippen molar-refractivity contribution in [3.8, 4) is 17.6 Å². The normalized spacial score (nSPS) is 21.6. The lowest BCUT2D eigenvalue weighted by molar-refractivity contribution is -0.254. The zero-order valence-electron chi connectivity index (χ0n) is 41.8. The number of benzene rings is 3. The van der Waals surface area contributed by atoms with E-state index in [4.69, 9.17) is 24.2 Å². The predicted octanol–water partition coefficient (Wildman–Crippen LogP) is 12.0. The number of carbonyl (C=O) groups is 2. The molecule has 1 saturated carbocycles. The first-order valence-corrected chi connectivity index (χ1v) is 26.3. The smallest absolute Gasteiger partial charge is 0.412 e. The van der Waals surface area contributed by atoms with Crippen molar-refractivity contribution in [2.24, 2.45) is 22.9 Å². The second-order valence-corrected chi connectivity index (χ2v) is 19.2. The summed E-state index contributed by atoms with van der Waals surface area (Å²) in [4.78, 5) is 36.5. The monoisotopic (exact) mass is 959 g/mol. The molecule has 6 atom stereocenters. The molecular weight excluding hydrogens is 881 g/mol. The Kier molecular flexibility index (Phi) is 21.8. The molecule has 0 radical (unpaired) electrons. The Hall–Kier alpha value is -5.48. The Labute approximate surface area is 417 Å². The quantitative estimate of drug-likeness (QED) is 0.0335. The molecule has 0 aromatic heterocycles. The number of hydrogen-bond donors (Lipinski definition) is 3. The highest BCUT2D eigenvalue weighted by Crippen LogP contribution is 2.62. The van der Waals surface area contributed by atoms with E-state index in [1.165, 1.54) is 44.9 Å². The van der Waals surface area contributed by atoms with Gasteiger partial charge in [0.1, 0.15) is 24.1 Å². The van der Waals surface area contributed by atoms with Crippen LogP contribution in [0.5, 0.6) is 11.5 Å². The van der Waals surface area contributed by atoms with Gasteiger partial charge in [0.05, 0.1) is 29.9 Å². The summed E-state index contributed by atoms with van der Waals surface area (Å²) in [5.74, 6) is -1.52. The molecule has 12 nitrogen and oxygen atoms in total. The molecule has 0 bridgehead atoms. The van der Waals surface area contributed by atoms with Gasteiger partial charge >= 0.3 is 6.09 Å². The van der Waals surface area contributed by atoms with E-state index >= 15 is 4.79 Å². The van der Waals surface area contributed by atoms with Gasteiger partial charge in [-0.25, -0.2) is 4.79 Å². The summed E-state index contributed by atoms with van der Waals surface area (Å²) in [5.41, 5.74) is 4.31. The first kappa shape index (κ1) is 53.9. The van der Waals surface area contributed by atoms with Crippen LogP contribution in [-0.4, -0.2) is 77.6 Å². The third-order valence-electron chi connectivity index (χ3n) is 14.3. The Morgan fingerprint density at radius 1 is 0.886 bits per heavy atom. The minimum absolute atomic E-state index is 0.00661. The van der Waals surface area contributed by atoms with E-state index in [-0.39, 0.29) is 56.5 Å². The minimum Gasteiger partial charge on any atom is -0.459 e. The summed E-state index contributed by atoms with van der Waals surface area (Å²) in [7, 11) is 0. The van der Waals surface area contributed by atoms with Gasteiger partial charge in [-0.3, -0.25) is 4.79 Å². The molecule has 3 aliphatic rings. The van der Waals surface area contributed by atoms with Crippen LogP contribution in [0.25, 0.3) is 0 Å². The Morgan fingerprint density at radius 3 is 2.26 bits per heavy atom. The summed E-state index contributed by atoms with van der Waals surface area (Å²) in [6.45, 7) is 9.75. The largest absolute Gasteiger partial charge is 0.459 e. The van der Waals surface area contributed by atoms with E-state index in [2.05, 4.69) is 31.0 Å². The standard InChI is InChI=1S/C58H78N4O8/c1-4-7-8-9-10-11-12-13-14-20-33-60-57(66)69-47-31-32-52-50(39-47)54-48(26-19-22-36-64)46(25-18-21-35-63)38-49-51(61-68-42-44-23-16-15-17-24-44)40-53(58(70-52,55(49)54)67-37-6-3)62(34-5-2)56(65)45-29-27-43(41-59)28-30-45/h6,15-17,23-24,27-32,38-39,46,48,53-55,63-64H,3-5,7-14,18-22,25-26,33-37,40,42H2,1-2H3,(H,60,66). The van der Waals surface area contributed by atoms with Gasteiger partial charge in [-0.05, 0) is 104 Å². The first-order chi connectivity index (χ1) is 34.3. The maximum absolute atomic E-state index is 15.0. The molecule has 1 aliphatic heterocycles. The lowest BCUT2D eigenvalue weighted by Crippen LogP contribution is -2.70. The fourth-order valence-corrected chi connectivity index (χ4v) is 10.9. The van der Waals surface area contributed by atoms with Crippen LogP contribution in [0.2, 0.25) is 0 Å². The van der Waals surface area contributed by atoms with Crippen molar-refractivity contribution in [1.29, 1.82) is 5.26 Å². The van der Waals surface area contributed by atoms with E-state index < -0.39 is 23.8 Å². The van der Waals surface area contributed by atoms with Crippen molar-refractivity contribution in [3.63, 3.8) is 0 Å². The van der Waals surface area contributed by atoms with E-state index in [1.54, 1.807) is 36.4 Å². The lowest BCUT2D eigenvalue weighted by Gasteiger charge is -2.60. The SMILES string of the molecule is C=CCOC12Oc3ccc(OC(=O)NCCCCCCCCCCCC)cc3C3C(CCCCO)C(CCCCO)C=C(C(=NOCc4ccccc4)CC1N(CCC)C(=O)c1ccc(C#N)cc1)C32. The molecule has 378 valence electrons. The van der Waals surface area contributed by atoms with Crippen molar-refractivity contribution in [2.45, 2.75) is 154 Å². The molecule has 3 aromatic carbocycles. The highest BCUT2D eigenvalue weighted by Gasteiger charge is 2.65. The van der Waals surface area contributed by atoms with Crippen LogP contribution in [0, 0.1) is 29.1 Å². The molecule has 3 N–H and O–H groups in total. The number of allylic oxidation sites excluding steroid dienone is 1. The van der Waals surface area contributed by atoms with Crippen molar-refractivity contribution in [1.82, 2.24) is 10.2 Å². The maximum Gasteiger partial charge on any atom is 0.412 e. The number of nitrogens with zero attached hydrogens (tertiary/aromatic N) is 3. The number of aliphatic hydroxyl groups excluding tert-OH is 2. The first-order valence-electron chi connectivity index (χ1n) is 26.3. The van der Waals surface area contributed by atoms with E-state index in [1.807, 2.05) is 54.3 Å². The van der Waals surface area contributed by atoms with Crippen LogP contribution in [0.4, 0.5) is 4.79 Å². The fraction of sp³-hybridized carbons (Fsp3) is 0.552. The van der Waals surface area contributed by atoms with Crippen molar-refractivity contribution in [2.75, 3.05) is 32.9 Å². The van der Waals surface area contributed by atoms with Crippen LogP contribution in [0.3, 0.4) is 0 Å². The Morgan fingerprint density at radius 2 is 1.59 bits per heavy atom. The number of nitrogens with one attached hydrogen (secondary N) is 1. The molecular formula is C58H78N4O8. The van der Waals surface area contributed by atoms with Crippen LogP contribution in [-0.2, 0) is 16.2 Å². The molecule has 3 aromatic rings. The second kappa shape index (κ2) is 28.4. The van der Waals surface area contributed by atoms with Gasteiger partial charge in [0, 0.05) is 49.8 Å². The van der Waals surface area contributed by atoms with Gasteiger partial charge < -0.3 is 39.5 Å². The Balaban J connectivity index is 1.41. The summed E-state index contributed by atoms with van der Waals surface area (Å²) < 4.78 is 20.6. The summed E-state index contributed by atoms with van der Waals surface area (Å²) >= 11 is 0. The maximum atomic E-state index is 15.0. The number of nitriles is 1. The summed E-state index contributed by atoms with van der Waals surface area (Å²) in [6.07, 6.45) is 20.9. The van der Waals surface area contributed by atoms with Crippen LogP contribution >= 0.6 is 0 Å². The molecule has 1 heterocycles. The van der Waals surface area contributed by atoms with Crippen LogP contribution < -0.4 is 14.8 Å². The van der Waals surface area contributed by atoms with Gasteiger partial charge in [-0.2, -0.15) is 5.26 Å². The van der Waals surface area contributed by atoms with Crippen LogP contribution in [0.1, 0.15) is 162 Å². The van der Waals surface area contributed by atoms with Gasteiger partial charge in [0.15, 0.2) is 0 Å². The zero-order chi connectivity index (χ0) is 49.6. The van der Waals surface area contributed by atoms with Gasteiger partial charge in [0.2, 0.25) is 5.79 Å². The number of aliphatic hydroxyl groups is 2. The number of hydrogen-bond acceptors (Lipinski definition) is 10. The molecule has 0 spiro atoms. The van der Waals surface area contributed by atoms with Gasteiger partial charge in [-0.15, -0.1) is 6.58 Å². The number of amides is 2. The molecule has 6 unspecified atom stereocenters. The number of rotatable bonds is 30. The highest BCUT2D eigenvalue weighted by atomic mass is 16.7. The van der Waals surface area contributed by atoms with Crippen molar-refractivity contribution in [3.05, 3.63) is 119 Å². The molecule has 0 saturated heterocycles. The zero-order valence-corrected chi connectivity index (χ0v) is 41.8.